The highest BCUT2D eigenvalue weighted by Crippen LogP contribution is 2.20. The molecular formula is C12H10N4O4. The van der Waals surface area contributed by atoms with Crippen molar-refractivity contribution in [2.75, 3.05) is 0 Å². The van der Waals surface area contributed by atoms with Crippen molar-refractivity contribution in [3.8, 4) is 11.5 Å². The van der Waals surface area contributed by atoms with Crippen molar-refractivity contribution >= 4 is 12.1 Å². The van der Waals surface area contributed by atoms with Crippen LogP contribution in [0.2, 0.25) is 0 Å². The standard InChI is InChI=1S/C12H10N4O4/c17-8-2-1-7(10(18)5-8)6-13-16-12(20)9-3-4-11(19)15-14-9/h1-6,17-18H,(H,15,19)(H,16,20)/b13-6+. The number of amides is 1. The van der Waals surface area contributed by atoms with Crippen molar-refractivity contribution in [3.63, 3.8) is 0 Å². The van der Waals surface area contributed by atoms with Crippen molar-refractivity contribution < 1.29 is 15.0 Å². The number of aromatic amines is 1. The van der Waals surface area contributed by atoms with Crippen LogP contribution in [-0.4, -0.2) is 32.5 Å². The van der Waals surface area contributed by atoms with Gasteiger partial charge in [0.15, 0.2) is 5.69 Å². The number of phenols is 2. The van der Waals surface area contributed by atoms with Crippen LogP contribution >= 0.6 is 0 Å². The number of hydrogen-bond acceptors (Lipinski definition) is 6. The van der Waals surface area contributed by atoms with Gasteiger partial charge in [0.25, 0.3) is 11.5 Å². The number of nitrogens with one attached hydrogen (secondary N) is 2. The van der Waals surface area contributed by atoms with Crippen LogP contribution in [0.15, 0.2) is 40.2 Å². The lowest BCUT2D eigenvalue weighted by atomic mass is 10.2. The average Bonchev–Trinajstić information content (AvgIpc) is 2.42. The lowest BCUT2D eigenvalue weighted by Gasteiger charge is -2.00. The van der Waals surface area contributed by atoms with Gasteiger partial charge in [0.1, 0.15) is 11.5 Å². The van der Waals surface area contributed by atoms with Crippen LogP contribution in [-0.2, 0) is 0 Å². The van der Waals surface area contributed by atoms with Crippen LogP contribution in [0, 0.1) is 0 Å². The molecule has 0 aliphatic heterocycles. The first-order valence-electron chi connectivity index (χ1n) is 5.47. The molecule has 1 aromatic heterocycles. The van der Waals surface area contributed by atoms with E-state index in [1.807, 2.05) is 0 Å². The minimum atomic E-state index is -0.615. The quantitative estimate of drug-likeness (QED) is 0.460. The molecule has 0 saturated carbocycles. The van der Waals surface area contributed by atoms with Crippen LogP contribution in [0.4, 0.5) is 0 Å². The van der Waals surface area contributed by atoms with Gasteiger partial charge >= 0.3 is 0 Å². The molecule has 0 fully saturated rings. The third kappa shape index (κ3) is 3.19. The molecule has 20 heavy (non-hydrogen) atoms. The van der Waals surface area contributed by atoms with Crippen LogP contribution in [0.5, 0.6) is 11.5 Å². The summed E-state index contributed by atoms with van der Waals surface area (Å²) in [5, 5.41) is 27.9. The van der Waals surface area contributed by atoms with Gasteiger partial charge in [0.2, 0.25) is 0 Å². The van der Waals surface area contributed by atoms with Gasteiger partial charge in [-0.3, -0.25) is 9.59 Å². The van der Waals surface area contributed by atoms with E-state index in [0.717, 1.165) is 12.1 Å². The van der Waals surface area contributed by atoms with Crippen molar-refractivity contribution in [1.82, 2.24) is 15.6 Å². The molecule has 1 amide bonds. The third-order valence-corrected chi connectivity index (χ3v) is 2.30. The number of hydrogen-bond donors (Lipinski definition) is 4. The molecule has 0 radical (unpaired) electrons. The lowest BCUT2D eigenvalue weighted by Crippen LogP contribution is -2.21. The van der Waals surface area contributed by atoms with E-state index in [2.05, 4.69) is 20.7 Å². The van der Waals surface area contributed by atoms with Gasteiger partial charge in [0, 0.05) is 17.7 Å². The topological polar surface area (TPSA) is 128 Å². The number of phenolic OH excluding ortho intramolecular Hbond substituents is 2. The molecule has 8 nitrogen and oxygen atoms in total. The zero-order valence-corrected chi connectivity index (χ0v) is 10.1. The van der Waals surface area contributed by atoms with Gasteiger partial charge < -0.3 is 10.2 Å². The molecule has 0 aliphatic carbocycles. The first-order chi connectivity index (χ1) is 9.56. The summed E-state index contributed by atoms with van der Waals surface area (Å²) in [5.74, 6) is -0.873. The lowest BCUT2D eigenvalue weighted by molar-refractivity contribution is 0.0949. The normalized spacial score (nSPS) is 10.6. The molecule has 1 aromatic carbocycles. The Hall–Kier alpha value is -3.16. The van der Waals surface area contributed by atoms with Crippen LogP contribution < -0.4 is 11.0 Å². The first-order valence-corrected chi connectivity index (χ1v) is 5.47. The minimum Gasteiger partial charge on any atom is -0.508 e. The summed E-state index contributed by atoms with van der Waals surface area (Å²) in [4.78, 5) is 22.4. The van der Waals surface area contributed by atoms with Gasteiger partial charge in [-0.25, -0.2) is 10.5 Å². The van der Waals surface area contributed by atoms with Gasteiger partial charge in [0.05, 0.1) is 6.21 Å². The maximum Gasteiger partial charge on any atom is 0.291 e. The Morgan fingerprint density at radius 2 is 2.10 bits per heavy atom. The smallest absolute Gasteiger partial charge is 0.291 e. The Labute approximate surface area is 112 Å². The molecule has 0 spiro atoms. The Bertz CT molecular complexity index is 703. The summed E-state index contributed by atoms with van der Waals surface area (Å²) in [5.41, 5.74) is 2.08. The zero-order chi connectivity index (χ0) is 14.5. The summed E-state index contributed by atoms with van der Waals surface area (Å²) < 4.78 is 0. The second-order valence-corrected chi connectivity index (χ2v) is 3.75. The van der Waals surface area contributed by atoms with E-state index in [9.17, 15) is 14.7 Å². The molecule has 2 rings (SSSR count). The number of hydrazone groups is 1. The number of benzene rings is 1. The predicted octanol–water partition coefficient (Wildman–Crippen LogP) is -0.0550. The van der Waals surface area contributed by atoms with Gasteiger partial charge in [-0.1, -0.05) is 0 Å². The van der Waals surface area contributed by atoms with Crippen molar-refractivity contribution in [1.29, 1.82) is 0 Å². The van der Waals surface area contributed by atoms with Gasteiger partial charge in [-0.15, -0.1) is 0 Å². The third-order valence-electron chi connectivity index (χ3n) is 2.30. The van der Waals surface area contributed by atoms with Crippen molar-refractivity contribution in [2.24, 2.45) is 5.10 Å². The molecule has 0 saturated heterocycles. The fraction of sp³-hybridized carbons (Fsp3) is 0. The highest BCUT2D eigenvalue weighted by molar-refractivity contribution is 5.93. The maximum atomic E-state index is 11.6. The van der Waals surface area contributed by atoms with E-state index >= 15 is 0 Å². The highest BCUT2D eigenvalue weighted by atomic mass is 16.3. The molecule has 1 heterocycles. The number of carbonyl (C=O) groups is 1. The minimum absolute atomic E-state index is 0.00308. The fourth-order valence-corrected chi connectivity index (χ4v) is 1.33. The van der Waals surface area contributed by atoms with Crippen LogP contribution in [0.1, 0.15) is 16.1 Å². The second kappa shape index (κ2) is 5.65. The van der Waals surface area contributed by atoms with Gasteiger partial charge in [-0.05, 0) is 18.2 Å². The largest absolute Gasteiger partial charge is 0.508 e. The number of rotatable bonds is 3. The molecule has 102 valence electrons. The molecule has 4 N–H and O–H groups in total. The summed E-state index contributed by atoms with van der Waals surface area (Å²) in [6.07, 6.45) is 1.21. The van der Waals surface area contributed by atoms with E-state index in [1.54, 1.807) is 0 Å². The van der Waals surface area contributed by atoms with Crippen molar-refractivity contribution in [3.05, 3.63) is 51.9 Å². The molecule has 0 atom stereocenters. The summed E-state index contributed by atoms with van der Waals surface area (Å²) in [6.45, 7) is 0. The highest BCUT2D eigenvalue weighted by Gasteiger charge is 2.05. The summed E-state index contributed by atoms with van der Waals surface area (Å²) in [7, 11) is 0. The van der Waals surface area contributed by atoms with Gasteiger partial charge in [-0.2, -0.15) is 10.2 Å². The summed E-state index contributed by atoms with van der Waals surface area (Å²) in [6, 6.07) is 6.36. The molecule has 8 heteroatoms. The average molecular weight is 274 g/mol. The molecule has 0 unspecified atom stereocenters. The first kappa shape index (κ1) is 13.3. The number of aromatic nitrogens is 2. The number of carbonyl (C=O) groups excluding carboxylic acids is 1. The Kier molecular flexibility index (Phi) is 3.75. The van der Waals surface area contributed by atoms with Crippen molar-refractivity contribution in [2.45, 2.75) is 0 Å². The number of aromatic hydroxyl groups is 2. The molecular weight excluding hydrogens is 264 g/mol. The Morgan fingerprint density at radius 1 is 1.30 bits per heavy atom. The number of nitrogens with zero attached hydrogens (tertiary/aromatic N) is 2. The van der Waals surface area contributed by atoms with Crippen LogP contribution in [0.3, 0.4) is 0 Å². The molecule has 2 aromatic rings. The zero-order valence-electron chi connectivity index (χ0n) is 10.1. The second-order valence-electron chi connectivity index (χ2n) is 3.75. The van der Waals surface area contributed by atoms with Crippen LogP contribution in [0.25, 0.3) is 0 Å². The van der Waals surface area contributed by atoms with E-state index in [4.69, 9.17) is 5.11 Å². The SMILES string of the molecule is O=C(N/N=C/c1ccc(O)cc1O)c1ccc(=O)[nH]n1. The Balaban J connectivity index is 2.04. The monoisotopic (exact) mass is 274 g/mol. The van der Waals surface area contributed by atoms with E-state index < -0.39 is 11.5 Å². The van der Waals surface area contributed by atoms with E-state index in [0.29, 0.717) is 5.56 Å². The summed E-state index contributed by atoms with van der Waals surface area (Å²) >= 11 is 0. The maximum absolute atomic E-state index is 11.6. The predicted molar refractivity (Wildman–Crippen MR) is 69.7 cm³/mol. The number of H-pyrrole nitrogens is 1. The van der Waals surface area contributed by atoms with E-state index in [-0.39, 0.29) is 17.2 Å². The fourth-order valence-electron chi connectivity index (χ4n) is 1.33. The molecule has 0 bridgehead atoms. The Morgan fingerprint density at radius 3 is 2.75 bits per heavy atom. The molecule has 0 aliphatic rings. The van der Waals surface area contributed by atoms with E-state index in [1.165, 1.54) is 24.4 Å².